The van der Waals surface area contributed by atoms with Crippen LogP contribution in [-0.4, -0.2) is 11.1 Å². The van der Waals surface area contributed by atoms with Crippen LogP contribution in [0.25, 0.3) is 0 Å². The van der Waals surface area contributed by atoms with Gasteiger partial charge in [0.2, 0.25) is 0 Å². The fourth-order valence-electron chi connectivity index (χ4n) is 5.46. The molecule has 0 amide bonds. The Bertz CT molecular complexity index is 682. The standard InChI is InChI=1S/C24H33NO2/c1-2-3-4-5-6-18-11-12-20-15-21(24(26)27)13-14-22(20)23(18)19-9-7-17(16-25)8-10-19/h13-15,17-19,23H,2-12H2,1H3,(H,26,27). The molecule has 27 heavy (non-hydrogen) atoms. The molecular formula is C24H33NO2. The van der Waals surface area contributed by atoms with Crippen molar-refractivity contribution in [3.05, 3.63) is 34.9 Å². The van der Waals surface area contributed by atoms with Crippen LogP contribution in [0.3, 0.4) is 0 Å². The lowest BCUT2D eigenvalue weighted by molar-refractivity contribution is 0.0696. The van der Waals surface area contributed by atoms with Crippen molar-refractivity contribution in [2.45, 2.75) is 83.5 Å². The molecule has 1 aromatic rings. The molecule has 3 heteroatoms. The van der Waals surface area contributed by atoms with E-state index in [1.54, 1.807) is 6.07 Å². The van der Waals surface area contributed by atoms with Gasteiger partial charge in [0.15, 0.2) is 0 Å². The predicted octanol–water partition coefficient (Wildman–Crippen LogP) is 6.33. The summed E-state index contributed by atoms with van der Waals surface area (Å²) in [6, 6.07) is 8.29. The van der Waals surface area contributed by atoms with Crippen LogP contribution >= 0.6 is 0 Å². The minimum atomic E-state index is -0.828. The Labute approximate surface area is 163 Å². The third kappa shape index (κ3) is 4.72. The van der Waals surface area contributed by atoms with E-state index in [4.69, 9.17) is 0 Å². The van der Waals surface area contributed by atoms with Crippen LogP contribution in [0.15, 0.2) is 18.2 Å². The molecule has 1 fully saturated rings. The van der Waals surface area contributed by atoms with E-state index in [2.05, 4.69) is 19.1 Å². The lowest BCUT2D eigenvalue weighted by Gasteiger charge is -2.41. The molecule has 2 aliphatic rings. The lowest BCUT2D eigenvalue weighted by atomic mass is 9.63. The number of nitriles is 1. The largest absolute Gasteiger partial charge is 0.478 e. The van der Waals surface area contributed by atoms with Crippen LogP contribution in [0.1, 0.15) is 98.5 Å². The molecule has 0 radical (unpaired) electrons. The molecule has 1 N–H and O–H groups in total. The maximum Gasteiger partial charge on any atom is 0.335 e. The summed E-state index contributed by atoms with van der Waals surface area (Å²) in [4.78, 5) is 11.4. The van der Waals surface area contributed by atoms with Crippen LogP contribution in [0, 0.1) is 29.1 Å². The summed E-state index contributed by atoms with van der Waals surface area (Å²) in [6.45, 7) is 2.26. The SMILES string of the molecule is CCCCCCC1CCc2cc(C(=O)O)ccc2C1C1CCC(C#N)CC1. The maximum absolute atomic E-state index is 11.4. The van der Waals surface area contributed by atoms with Gasteiger partial charge in [0, 0.05) is 5.92 Å². The number of hydrogen-bond donors (Lipinski definition) is 1. The second-order valence-corrected chi connectivity index (χ2v) is 8.63. The molecule has 2 aliphatic carbocycles. The number of carbonyl (C=O) groups is 1. The number of unbranched alkanes of at least 4 members (excludes halogenated alkanes) is 3. The molecule has 146 valence electrons. The summed E-state index contributed by atoms with van der Waals surface area (Å²) in [5.74, 6) is 1.33. The quantitative estimate of drug-likeness (QED) is 0.573. The summed E-state index contributed by atoms with van der Waals surface area (Å²) in [5, 5.41) is 18.6. The van der Waals surface area contributed by atoms with Gasteiger partial charge in [0.25, 0.3) is 0 Å². The smallest absolute Gasteiger partial charge is 0.335 e. The fraction of sp³-hybridized carbons (Fsp3) is 0.667. The van der Waals surface area contributed by atoms with Crippen molar-refractivity contribution < 1.29 is 9.90 Å². The molecule has 2 atom stereocenters. The first-order chi connectivity index (χ1) is 13.1. The zero-order valence-electron chi connectivity index (χ0n) is 16.6. The number of aryl methyl sites for hydroxylation is 1. The first kappa shape index (κ1) is 19.9. The van der Waals surface area contributed by atoms with Crippen molar-refractivity contribution in [1.29, 1.82) is 5.26 Å². The van der Waals surface area contributed by atoms with E-state index in [1.807, 2.05) is 6.07 Å². The van der Waals surface area contributed by atoms with E-state index >= 15 is 0 Å². The molecule has 0 spiro atoms. The highest BCUT2D eigenvalue weighted by Crippen LogP contribution is 2.48. The first-order valence-corrected chi connectivity index (χ1v) is 10.9. The van der Waals surface area contributed by atoms with Crippen molar-refractivity contribution in [3.8, 4) is 6.07 Å². The molecule has 3 nitrogen and oxygen atoms in total. The van der Waals surface area contributed by atoms with Crippen LogP contribution in [-0.2, 0) is 6.42 Å². The van der Waals surface area contributed by atoms with Gasteiger partial charge in [-0.25, -0.2) is 4.79 Å². The molecule has 0 saturated heterocycles. The van der Waals surface area contributed by atoms with E-state index in [1.165, 1.54) is 49.7 Å². The number of hydrogen-bond acceptors (Lipinski definition) is 2. The van der Waals surface area contributed by atoms with E-state index in [-0.39, 0.29) is 5.92 Å². The zero-order valence-corrected chi connectivity index (χ0v) is 16.6. The van der Waals surface area contributed by atoms with Crippen LogP contribution in [0.5, 0.6) is 0 Å². The minimum Gasteiger partial charge on any atom is -0.478 e. The molecule has 1 saturated carbocycles. The molecule has 0 bridgehead atoms. The Kier molecular flexibility index (Phi) is 6.94. The number of fused-ring (bicyclic) bond motifs is 1. The van der Waals surface area contributed by atoms with Gasteiger partial charge in [-0.2, -0.15) is 5.26 Å². The molecule has 0 aliphatic heterocycles. The number of carboxylic acid groups (broad SMARTS) is 1. The van der Waals surface area contributed by atoms with Gasteiger partial charge in [-0.15, -0.1) is 0 Å². The summed E-state index contributed by atoms with van der Waals surface area (Å²) in [5.41, 5.74) is 3.08. The summed E-state index contributed by atoms with van der Waals surface area (Å²) >= 11 is 0. The Balaban J connectivity index is 1.81. The highest BCUT2D eigenvalue weighted by atomic mass is 16.4. The summed E-state index contributed by atoms with van der Waals surface area (Å²) in [7, 11) is 0. The second-order valence-electron chi connectivity index (χ2n) is 8.63. The Morgan fingerprint density at radius 2 is 1.93 bits per heavy atom. The average Bonchev–Trinajstić information content (AvgIpc) is 2.70. The van der Waals surface area contributed by atoms with Gasteiger partial charge in [-0.1, -0.05) is 38.7 Å². The van der Waals surface area contributed by atoms with Crippen molar-refractivity contribution in [2.75, 3.05) is 0 Å². The monoisotopic (exact) mass is 367 g/mol. The second kappa shape index (κ2) is 9.40. The molecule has 0 heterocycles. The normalized spacial score (nSPS) is 27.6. The van der Waals surface area contributed by atoms with Gasteiger partial charge in [-0.3, -0.25) is 0 Å². The van der Waals surface area contributed by atoms with Gasteiger partial charge in [0.05, 0.1) is 11.6 Å². The molecule has 2 unspecified atom stereocenters. The van der Waals surface area contributed by atoms with Crippen molar-refractivity contribution in [2.24, 2.45) is 17.8 Å². The minimum absolute atomic E-state index is 0.238. The van der Waals surface area contributed by atoms with E-state index in [0.29, 0.717) is 23.3 Å². The fourth-order valence-corrected chi connectivity index (χ4v) is 5.46. The van der Waals surface area contributed by atoms with E-state index < -0.39 is 5.97 Å². The number of benzene rings is 1. The van der Waals surface area contributed by atoms with E-state index in [9.17, 15) is 15.2 Å². The maximum atomic E-state index is 11.4. The Hall–Kier alpha value is -1.82. The molecule has 3 rings (SSSR count). The topological polar surface area (TPSA) is 61.1 Å². The van der Waals surface area contributed by atoms with Gasteiger partial charge < -0.3 is 5.11 Å². The Morgan fingerprint density at radius 1 is 1.15 bits per heavy atom. The molecule has 0 aromatic heterocycles. The highest BCUT2D eigenvalue weighted by Gasteiger charge is 2.37. The average molecular weight is 368 g/mol. The third-order valence-corrected chi connectivity index (χ3v) is 6.93. The van der Waals surface area contributed by atoms with Crippen molar-refractivity contribution in [1.82, 2.24) is 0 Å². The number of rotatable bonds is 7. The first-order valence-electron chi connectivity index (χ1n) is 10.9. The lowest BCUT2D eigenvalue weighted by Crippen LogP contribution is -2.30. The summed E-state index contributed by atoms with van der Waals surface area (Å²) in [6.07, 6.45) is 13.1. The highest BCUT2D eigenvalue weighted by molar-refractivity contribution is 5.88. The summed E-state index contributed by atoms with van der Waals surface area (Å²) < 4.78 is 0. The van der Waals surface area contributed by atoms with Crippen LogP contribution in [0.4, 0.5) is 0 Å². The Morgan fingerprint density at radius 3 is 2.59 bits per heavy atom. The van der Waals surface area contributed by atoms with Crippen molar-refractivity contribution in [3.63, 3.8) is 0 Å². The predicted molar refractivity (Wildman–Crippen MR) is 108 cm³/mol. The zero-order chi connectivity index (χ0) is 19.2. The van der Waals surface area contributed by atoms with Gasteiger partial charge in [0.1, 0.15) is 0 Å². The third-order valence-electron chi connectivity index (χ3n) is 6.93. The number of aromatic carboxylic acids is 1. The van der Waals surface area contributed by atoms with Gasteiger partial charge >= 0.3 is 5.97 Å². The van der Waals surface area contributed by atoms with E-state index in [0.717, 1.165) is 32.1 Å². The number of carboxylic acids is 1. The molecular weight excluding hydrogens is 334 g/mol. The molecule has 1 aromatic carbocycles. The van der Waals surface area contributed by atoms with Crippen LogP contribution in [0.2, 0.25) is 0 Å². The van der Waals surface area contributed by atoms with Crippen molar-refractivity contribution >= 4 is 5.97 Å². The van der Waals surface area contributed by atoms with Crippen LogP contribution < -0.4 is 0 Å². The number of nitrogens with zero attached hydrogens (tertiary/aromatic N) is 1. The van der Waals surface area contributed by atoms with Gasteiger partial charge in [-0.05, 0) is 86.0 Å².